The van der Waals surface area contributed by atoms with E-state index in [4.69, 9.17) is 10.9 Å². The Bertz CT molecular complexity index is 219. The van der Waals surface area contributed by atoms with Gasteiger partial charge in [0.1, 0.15) is 0 Å². The van der Waals surface area contributed by atoms with E-state index in [0.29, 0.717) is 0 Å². The summed E-state index contributed by atoms with van der Waals surface area (Å²) in [5.74, 6) is -0.00148. The van der Waals surface area contributed by atoms with Crippen molar-refractivity contribution in [1.29, 1.82) is 0 Å². The zero-order valence-corrected chi connectivity index (χ0v) is 5.93. The lowest BCUT2D eigenvalue weighted by Crippen LogP contribution is -2.27. The second-order valence-corrected chi connectivity index (χ2v) is 2.37. The molecule has 0 aliphatic rings. The Balaban J connectivity index is 2.71. The number of nitrogens with two attached hydrogens (primary N) is 1. The first-order valence-corrected chi connectivity index (χ1v) is 3.53. The summed E-state index contributed by atoms with van der Waals surface area (Å²) in [4.78, 5) is 3.78. The summed E-state index contributed by atoms with van der Waals surface area (Å²) in [5, 5.41) is 11.9. The number of hydrogen-bond donors (Lipinski definition) is 3. The number of hydroxylamine groups is 1. The standard InChI is InChI=1S/C5H7N3OS/c6-5(8-9)7-4-1-2-10-3-4/h1-3,9H,(H3,6,7,8). The van der Waals surface area contributed by atoms with Gasteiger partial charge in [0, 0.05) is 5.38 Å². The van der Waals surface area contributed by atoms with Crippen LogP contribution < -0.4 is 11.2 Å². The molecule has 4 nitrogen and oxygen atoms in total. The quantitative estimate of drug-likeness (QED) is 0.319. The van der Waals surface area contributed by atoms with Gasteiger partial charge in [-0.05, 0) is 11.4 Å². The fraction of sp³-hybridized carbons (Fsp3) is 0. The first kappa shape index (κ1) is 7.04. The van der Waals surface area contributed by atoms with Crippen LogP contribution in [0.1, 0.15) is 0 Å². The van der Waals surface area contributed by atoms with Gasteiger partial charge in [0.2, 0.25) is 5.96 Å². The van der Waals surface area contributed by atoms with Crippen molar-refractivity contribution in [2.45, 2.75) is 0 Å². The van der Waals surface area contributed by atoms with Crippen molar-refractivity contribution in [1.82, 2.24) is 5.48 Å². The Morgan fingerprint density at radius 1 is 1.80 bits per heavy atom. The van der Waals surface area contributed by atoms with Crippen LogP contribution in [0, 0.1) is 0 Å². The molecule has 0 aliphatic heterocycles. The zero-order valence-electron chi connectivity index (χ0n) is 5.11. The first-order valence-electron chi connectivity index (χ1n) is 2.59. The van der Waals surface area contributed by atoms with Crippen LogP contribution in [0.15, 0.2) is 21.8 Å². The van der Waals surface area contributed by atoms with Crippen molar-refractivity contribution in [2.24, 2.45) is 10.7 Å². The molecule has 0 aromatic carbocycles. The molecule has 1 aromatic heterocycles. The van der Waals surface area contributed by atoms with Gasteiger partial charge in [0.15, 0.2) is 0 Å². The molecule has 54 valence electrons. The van der Waals surface area contributed by atoms with E-state index in [0.717, 1.165) is 5.69 Å². The third-order valence-electron chi connectivity index (χ3n) is 0.870. The highest BCUT2D eigenvalue weighted by Gasteiger charge is 1.89. The minimum atomic E-state index is -0.00148. The second-order valence-electron chi connectivity index (χ2n) is 1.59. The molecule has 1 heterocycles. The summed E-state index contributed by atoms with van der Waals surface area (Å²) in [6, 6.07) is 1.80. The molecule has 0 radical (unpaired) electrons. The number of rotatable bonds is 1. The van der Waals surface area contributed by atoms with Crippen molar-refractivity contribution < 1.29 is 5.21 Å². The van der Waals surface area contributed by atoms with Gasteiger partial charge in [-0.25, -0.2) is 10.5 Å². The molecule has 10 heavy (non-hydrogen) atoms. The highest BCUT2D eigenvalue weighted by molar-refractivity contribution is 7.08. The third kappa shape index (κ3) is 1.71. The predicted molar refractivity (Wildman–Crippen MR) is 40.5 cm³/mol. The lowest BCUT2D eigenvalue weighted by Gasteiger charge is -1.92. The maximum absolute atomic E-state index is 8.23. The number of hydrogen-bond acceptors (Lipinski definition) is 3. The minimum Gasteiger partial charge on any atom is -0.368 e. The van der Waals surface area contributed by atoms with Gasteiger partial charge in [-0.1, -0.05) is 0 Å². The molecule has 1 aromatic rings. The average Bonchev–Trinajstić information content (AvgIpc) is 2.40. The van der Waals surface area contributed by atoms with E-state index in [1.807, 2.05) is 10.8 Å². The molecule has 4 N–H and O–H groups in total. The smallest absolute Gasteiger partial charge is 0.218 e. The molecule has 0 spiro atoms. The highest BCUT2D eigenvalue weighted by atomic mass is 32.1. The topological polar surface area (TPSA) is 70.6 Å². The van der Waals surface area contributed by atoms with Crippen LogP contribution in [0.2, 0.25) is 0 Å². The van der Waals surface area contributed by atoms with Crippen LogP contribution in [0.25, 0.3) is 0 Å². The summed E-state index contributed by atoms with van der Waals surface area (Å²) in [6.07, 6.45) is 0. The number of nitrogens with zero attached hydrogens (tertiary/aromatic N) is 1. The maximum atomic E-state index is 8.23. The fourth-order valence-electron chi connectivity index (χ4n) is 0.485. The van der Waals surface area contributed by atoms with Crippen molar-refractivity contribution in [2.75, 3.05) is 0 Å². The molecule has 5 heteroatoms. The van der Waals surface area contributed by atoms with Crippen LogP contribution in [0.3, 0.4) is 0 Å². The summed E-state index contributed by atoms with van der Waals surface area (Å²) < 4.78 is 0. The van der Waals surface area contributed by atoms with E-state index in [1.165, 1.54) is 11.3 Å². The van der Waals surface area contributed by atoms with Gasteiger partial charge >= 0.3 is 0 Å². The maximum Gasteiger partial charge on any atom is 0.218 e. The number of thiophene rings is 1. The van der Waals surface area contributed by atoms with Crippen LogP contribution in [0.4, 0.5) is 5.69 Å². The summed E-state index contributed by atoms with van der Waals surface area (Å²) in [6.45, 7) is 0. The van der Waals surface area contributed by atoms with Gasteiger partial charge in [-0.2, -0.15) is 11.3 Å². The van der Waals surface area contributed by atoms with E-state index < -0.39 is 0 Å². The molecular weight excluding hydrogens is 150 g/mol. The molecule has 0 amide bonds. The van der Waals surface area contributed by atoms with Crippen molar-refractivity contribution in [3.8, 4) is 0 Å². The first-order chi connectivity index (χ1) is 4.83. The lowest BCUT2D eigenvalue weighted by molar-refractivity contribution is 0.233. The number of aliphatic imine (C=N–C) groups is 1. The van der Waals surface area contributed by atoms with E-state index >= 15 is 0 Å². The second kappa shape index (κ2) is 3.19. The largest absolute Gasteiger partial charge is 0.368 e. The Kier molecular flexibility index (Phi) is 2.24. The van der Waals surface area contributed by atoms with Crippen LogP contribution in [-0.4, -0.2) is 11.2 Å². The van der Waals surface area contributed by atoms with Crippen molar-refractivity contribution >= 4 is 23.0 Å². The van der Waals surface area contributed by atoms with Gasteiger partial charge in [0.25, 0.3) is 0 Å². The Morgan fingerprint density at radius 2 is 2.60 bits per heavy atom. The number of guanidine groups is 1. The molecule has 0 unspecified atom stereocenters. The molecule has 0 aliphatic carbocycles. The average molecular weight is 157 g/mol. The Hall–Kier alpha value is -1.07. The van der Waals surface area contributed by atoms with Crippen LogP contribution >= 0.6 is 11.3 Å². The van der Waals surface area contributed by atoms with E-state index in [1.54, 1.807) is 11.5 Å². The van der Waals surface area contributed by atoms with Gasteiger partial charge in [0.05, 0.1) is 5.69 Å². The van der Waals surface area contributed by atoms with E-state index in [9.17, 15) is 0 Å². The molecule has 0 saturated heterocycles. The lowest BCUT2D eigenvalue weighted by atomic mass is 10.5. The summed E-state index contributed by atoms with van der Waals surface area (Å²) in [5.41, 5.74) is 7.63. The molecule has 0 fully saturated rings. The monoisotopic (exact) mass is 157 g/mol. The SMILES string of the molecule is NC(=Nc1ccsc1)NO. The molecule has 0 bridgehead atoms. The van der Waals surface area contributed by atoms with Gasteiger partial charge in [-0.15, -0.1) is 0 Å². The van der Waals surface area contributed by atoms with Gasteiger partial charge in [-0.3, -0.25) is 5.21 Å². The van der Waals surface area contributed by atoms with Crippen LogP contribution in [-0.2, 0) is 0 Å². The van der Waals surface area contributed by atoms with Crippen LogP contribution in [0.5, 0.6) is 0 Å². The Morgan fingerprint density at radius 3 is 3.10 bits per heavy atom. The summed E-state index contributed by atoms with van der Waals surface area (Å²) in [7, 11) is 0. The van der Waals surface area contributed by atoms with E-state index in [2.05, 4.69) is 4.99 Å². The fourth-order valence-corrected chi connectivity index (χ4v) is 1.05. The normalized spacial score (nSPS) is 11.5. The minimum absolute atomic E-state index is 0.00148. The third-order valence-corrected chi connectivity index (χ3v) is 1.54. The Labute approximate surface area is 62.0 Å². The zero-order chi connectivity index (χ0) is 7.40. The van der Waals surface area contributed by atoms with Gasteiger partial charge < -0.3 is 5.73 Å². The number of nitrogens with one attached hydrogen (secondary N) is 1. The molecular formula is C5H7N3OS. The highest BCUT2D eigenvalue weighted by Crippen LogP contribution is 2.14. The summed E-state index contributed by atoms with van der Waals surface area (Å²) >= 11 is 1.52. The molecule has 0 atom stereocenters. The predicted octanol–water partition coefficient (Wildman–Crippen LogP) is 0.673. The molecule has 1 rings (SSSR count). The van der Waals surface area contributed by atoms with E-state index in [-0.39, 0.29) is 5.96 Å². The van der Waals surface area contributed by atoms with Crippen molar-refractivity contribution in [3.63, 3.8) is 0 Å². The molecule has 0 saturated carbocycles. The van der Waals surface area contributed by atoms with Crippen molar-refractivity contribution in [3.05, 3.63) is 16.8 Å².